The largest absolute Gasteiger partial charge is 0.481 e. The van der Waals surface area contributed by atoms with Crippen LogP contribution < -0.4 is 4.74 Å². The van der Waals surface area contributed by atoms with E-state index in [9.17, 15) is 0 Å². The van der Waals surface area contributed by atoms with Gasteiger partial charge in [0.05, 0.1) is 7.11 Å². The summed E-state index contributed by atoms with van der Waals surface area (Å²) in [5.41, 5.74) is 0.768. The molecule has 0 aliphatic carbocycles. The highest BCUT2D eigenvalue weighted by molar-refractivity contribution is 5.53. The Morgan fingerprint density at radius 3 is 2.71 bits per heavy atom. The normalized spacial score (nSPS) is 12.4. The van der Waals surface area contributed by atoms with E-state index in [1.807, 2.05) is 13.0 Å². The van der Waals surface area contributed by atoms with Gasteiger partial charge >= 0.3 is 0 Å². The molecule has 0 bridgehead atoms. The molecule has 6 heteroatoms. The van der Waals surface area contributed by atoms with Crippen molar-refractivity contribution < 1.29 is 14.0 Å². The molecule has 1 atom stereocenters. The molecule has 2 rings (SSSR count). The summed E-state index contributed by atoms with van der Waals surface area (Å²) in [4.78, 5) is 8.30. The molecule has 0 fully saturated rings. The number of nitrogens with zero attached hydrogens (tertiary/aromatic N) is 3. The van der Waals surface area contributed by atoms with Crippen molar-refractivity contribution >= 4 is 0 Å². The van der Waals surface area contributed by atoms with E-state index in [1.165, 1.54) is 0 Å². The zero-order valence-corrected chi connectivity index (χ0v) is 9.88. The summed E-state index contributed by atoms with van der Waals surface area (Å²) >= 11 is 0. The second-order valence-corrected chi connectivity index (χ2v) is 3.42. The van der Waals surface area contributed by atoms with Gasteiger partial charge in [-0.1, -0.05) is 5.16 Å². The second-order valence-electron chi connectivity index (χ2n) is 3.42. The fraction of sp³-hybridized carbons (Fsp3) is 0.364. The third kappa shape index (κ3) is 2.42. The number of aromatic nitrogens is 3. The highest BCUT2D eigenvalue weighted by Crippen LogP contribution is 2.20. The van der Waals surface area contributed by atoms with Gasteiger partial charge in [-0.2, -0.15) is 4.98 Å². The first-order valence-electron chi connectivity index (χ1n) is 5.11. The van der Waals surface area contributed by atoms with Crippen molar-refractivity contribution in [3.05, 3.63) is 24.2 Å². The Kier molecular flexibility index (Phi) is 3.34. The Labute approximate surface area is 98.6 Å². The quantitative estimate of drug-likeness (QED) is 0.805. The van der Waals surface area contributed by atoms with Crippen LogP contribution in [0, 0.1) is 0 Å². The van der Waals surface area contributed by atoms with Crippen molar-refractivity contribution in [1.29, 1.82) is 0 Å². The molecule has 90 valence electrons. The smallest absolute Gasteiger partial charge is 0.255 e. The number of pyridine rings is 1. The molecule has 0 aliphatic rings. The minimum atomic E-state index is -0.220. The topological polar surface area (TPSA) is 70.3 Å². The third-order valence-corrected chi connectivity index (χ3v) is 2.35. The third-order valence-electron chi connectivity index (χ3n) is 2.35. The number of hydrogen-bond acceptors (Lipinski definition) is 6. The molecule has 2 heterocycles. The highest BCUT2D eigenvalue weighted by atomic mass is 16.5. The predicted octanol–water partition coefficient (Wildman–Crippen LogP) is 1.85. The van der Waals surface area contributed by atoms with E-state index in [2.05, 4.69) is 15.1 Å². The Bertz CT molecular complexity index is 481. The lowest BCUT2D eigenvalue weighted by Crippen LogP contribution is -1.95. The fourth-order valence-electron chi connectivity index (χ4n) is 1.25. The maximum absolute atomic E-state index is 5.09. The Balaban J connectivity index is 2.24. The zero-order valence-electron chi connectivity index (χ0n) is 9.88. The fourth-order valence-corrected chi connectivity index (χ4v) is 1.25. The van der Waals surface area contributed by atoms with E-state index in [-0.39, 0.29) is 6.10 Å². The molecule has 0 aliphatic heterocycles. The molecular weight excluding hydrogens is 222 g/mol. The van der Waals surface area contributed by atoms with Gasteiger partial charge in [0.1, 0.15) is 6.10 Å². The highest BCUT2D eigenvalue weighted by Gasteiger charge is 2.14. The van der Waals surface area contributed by atoms with Crippen LogP contribution >= 0.6 is 0 Å². The molecule has 0 amide bonds. The van der Waals surface area contributed by atoms with Crippen LogP contribution in [-0.2, 0) is 4.74 Å². The van der Waals surface area contributed by atoms with Gasteiger partial charge in [0.15, 0.2) is 0 Å². The van der Waals surface area contributed by atoms with Gasteiger partial charge in [-0.05, 0) is 13.0 Å². The maximum Gasteiger partial charge on any atom is 0.255 e. The molecular formula is C11H13N3O3. The first-order valence-corrected chi connectivity index (χ1v) is 5.11. The summed E-state index contributed by atoms with van der Waals surface area (Å²) in [6.45, 7) is 1.84. The summed E-state index contributed by atoms with van der Waals surface area (Å²) in [5.74, 6) is 1.47. The summed E-state index contributed by atoms with van der Waals surface area (Å²) < 4.78 is 15.1. The predicted molar refractivity (Wildman–Crippen MR) is 59.5 cm³/mol. The Morgan fingerprint density at radius 1 is 1.29 bits per heavy atom. The molecule has 0 aromatic carbocycles. The maximum atomic E-state index is 5.09. The van der Waals surface area contributed by atoms with E-state index < -0.39 is 0 Å². The molecule has 0 unspecified atom stereocenters. The summed E-state index contributed by atoms with van der Waals surface area (Å²) in [5, 5.41) is 3.86. The molecule has 2 aromatic heterocycles. The van der Waals surface area contributed by atoms with Crippen LogP contribution in [0.5, 0.6) is 5.88 Å². The summed E-state index contributed by atoms with van der Waals surface area (Å²) in [6, 6.07) is 3.56. The van der Waals surface area contributed by atoms with Crippen LogP contribution in [0.1, 0.15) is 18.9 Å². The SMILES string of the molecule is COc1ccc(-c2noc([C@@H](C)OC)n2)cn1. The van der Waals surface area contributed by atoms with Gasteiger partial charge in [-0.3, -0.25) is 0 Å². The molecule has 17 heavy (non-hydrogen) atoms. The zero-order chi connectivity index (χ0) is 12.3. The lowest BCUT2D eigenvalue weighted by molar-refractivity contribution is 0.0886. The van der Waals surface area contributed by atoms with Crippen molar-refractivity contribution in [2.75, 3.05) is 14.2 Å². The number of hydrogen-bond donors (Lipinski definition) is 0. The van der Waals surface area contributed by atoms with Crippen molar-refractivity contribution in [1.82, 2.24) is 15.1 Å². The minimum absolute atomic E-state index is 0.220. The monoisotopic (exact) mass is 235 g/mol. The first-order chi connectivity index (χ1) is 8.24. The van der Waals surface area contributed by atoms with Crippen molar-refractivity contribution in [2.24, 2.45) is 0 Å². The van der Waals surface area contributed by atoms with E-state index in [0.717, 1.165) is 5.56 Å². The lowest BCUT2D eigenvalue weighted by Gasteiger charge is -2.00. The average molecular weight is 235 g/mol. The summed E-state index contributed by atoms with van der Waals surface area (Å²) in [6.07, 6.45) is 1.41. The van der Waals surface area contributed by atoms with Crippen molar-refractivity contribution in [3.8, 4) is 17.3 Å². The van der Waals surface area contributed by atoms with Crippen molar-refractivity contribution in [2.45, 2.75) is 13.0 Å². The van der Waals surface area contributed by atoms with Crippen LogP contribution in [0.4, 0.5) is 0 Å². The number of rotatable bonds is 4. The van der Waals surface area contributed by atoms with Gasteiger partial charge in [-0.25, -0.2) is 4.98 Å². The summed E-state index contributed by atoms with van der Waals surface area (Å²) in [7, 11) is 3.15. The van der Waals surface area contributed by atoms with E-state index >= 15 is 0 Å². The molecule has 0 saturated heterocycles. The van der Waals surface area contributed by atoms with Gasteiger partial charge < -0.3 is 14.0 Å². The van der Waals surface area contributed by atoms with Gasteiger partial charge in [-0.15, -0.1) is 0 Å². The van der Waals surface area contributed by atoms with Gasteiger partial charge in [0.25, 0.3) is 5.89 Å². The van der Waals surface area contributed by atoms with Gasteiger partial charge in [0, 0.05) is 24.9 Å². The van der Waals surface area contributed by atoms with Crippen LogP contribution in [0.3, 0.4) is 0 Å². The van der Waals surface area contributed by atoms with Crippen LogP contribution in [0.15, 0.2) is 22.9 Å². The van der Waals surface area contributed by atoms with E-state index in [1.54, 1.807) is 26.5 Å². The number of ether oxygens (including phenoxy) is 2. The molecule has 0 N–H and O–H groups in total. The number of methoxy groups -OCH3 is 2. The minimum Gasteiger partial charge on any atom is -0.481 e. The molecule has 0 saturated carbocycles. The van der Waals surface area contributed by atoms with Gasteiger partial charge in [0.2, 0.25) is 11.7 Å². The Hall–Kier alpha value is -1.95. The second kappa shape index (κ2) is 4.92. The van der Waals surface area contributed by atoms with E-state index in [0.29, 0.717) is 17.6 Å². The Morgan fingerprint density at radius 2 is 2.12 bits per heavy atom. The molecule has 0 spiro atoms. The standard InChI is InChI=1S/C11H13N3O3/c1-7(15-2)11-13-10(14-17-11)8-4-5-9(16-3)12-6-8/h4-7H,1-3H3/t7-/m1/s1. The molecule has 2 aromatic rings. The average Bonchev–Trinajstić information content (AvgIpc) is 2.87. The molecule has 6 nitrogen and oxygen atoms in total. The van der Waals surface area contributed by atoms with Crippen LogP contribution in [-0.4, -0.2) is 29.3 Å². The molecule has 0 radical (unpaired) electrons. The van der Waals surface area contributed by atoms with Crippen LogP contribution in [0.2, 0.25) is 0 Å². The lowest BCUT2D eigenvalue weighted by atomic mass is 10.3. The first kappa shape index (κ1) is 11.5. The van der Waals surface area contributed by atoms with Crippen LogP contribution in [0.25, 0.3) is 11.4 Å². The van der Waals surface area contributed by atoms with Crippen molar-refractivity contribution in [3.63, 3.8) is 0 Å². The van der Waals surface area contributed by atoms with E-state index in [4.69, 9.17) is 14.0 Å².